The molecule has 0 atom stereocenters. The van der Waals surface area contributed by atoms with E-state index in [-0.39, 0.29) is 0 Å². The second-order valence-electron chi connectivity index (χ2n) is 2.07. The van der Waals surface area contributed by atoms with E-state index in [0.29, 0.717) is 4.88 Å². The van der Waals surface area contributed by atoms with Crippen molar-refractivity contribution in [3.8, 4) is 6.07 Å². The number of aromatic nitrogens is 1. The van der Waals surface area contributed by atoms with Crippen LogP contribution in [-0.2, 0) is 0 Å². The summed E-state index contributed by atoms with van der Waals surface area (Å²) in [5, 5.41) is 11.7. The third-order valence-corrected chi connectivity index (χ3v) is 1.94. The second-order valence-corrected chi connectivity index (χ2v) is 2.92. The van der Waals surface area contributed by atoms with Gasteiger partial charge in [0, 0.05) is 6.54 Å². The molecule has 3 nitrogen and oxygen atoms in total. The SMILES string of the molecule is CCCNc1ncsc1C#N. The van der Waals surface area contributed by atoms with Crippen LogP contribution in [0.15, 0.2) is 5.51 Å². The van der Waals surface area contributed by atoms with E-state index < -0.39 is 0 Å². The van der Waals surface area contributed by atoms with E-state index in [9.17, 15) is 0 Å². The molecule has 0 bridgehead atoms. The summed E-state index contributed by atoms with van der Waals surface area (Å²) in [7, 11) is 0. The first-order valence-electron chi connectivity index (χ1n) is 3.46. The van der Waals surface area contributed by atoms with Gasteiger partial charge in [-0.3, -0.25) is 0 Å². The topological polar surface area (TPSA) is 48.7 Å². The lowest BCUT2D eigenvalue weighted by atomic mass is 10.4. The maximum Gasteiger partial charge on any atom is 0.155 e. The summed E-state index contributed by atoms with van der Waals surface area (Å²) in [6, 6.07) is 2.08. The highest BCUT2D eigenvalue weighted by atomic mass is 32.1. The first-order valence-corrected chi connectivity index (χ1v) is 4.34. The number of nitriles is 1. The lowest BCUT2D eigenvalue weighted by Gasteiger charge is -1.98. The molecule has 1 heterocycles. The largest absolute Gasteiger partial charge is 0.368 e. The third-order valence-electron chi connectivity index (χ3n) is 1.21. The van der Waals surface area contributed by atoms with Crippen molar-refractivity contribution in [3.05, 3.63) is 10.4 Å². The van der Waals surface area contributed by atoms with E-state index in [1.54, 1.807) is 5.51 Å². The molecular weight excluding hydrogens is 158 g/mol. The lowest BCUT2D eigenvalue weighted by molar-refractivity contribution is 0.971. The summed E-state index contributed by atoms with van der Waals surface area (Å²) in [6.45, 7) is 2.95. The van der Waals surface area contributed by atoms with Crippen LogP contribution >= 0.6 is 11.3 Å². The molecule has 0 fully saturated rings. The predicted molar refractivity (Wildman–Crippen MR) is 45.6 cm³/mol. The molecule has 0 radical (unpaired) electrons. The normalized spacial score (nSPS) is 9.09. The minimum atomic E-state index is 0.665. The Bertz CT molecular complexity index is 261. The first-order chi connectivity index (χ1) is 5.38. The van der Waals surface area contributed by atoms with Crippen molar-refractivity contribution in [1.29, 1.82) is 5.26 Å². The Morgan fingerprint density at radius 3 is 3.27 bits per heavy atom. The van der Waals surface area contributed by atoms with Gasteiger partial charge in [-0.15, -0.1) is 11.3 Å². The van der Waals surface area contributed by atoms with Gasteiger partial charge in [0.2, 0.25) is 0 Å². The van der Waals surface area contributed by atoms with Crippen LogP contribution in [0, 0.1) is 11.3 Å². The van der Waals surface area contributed by atoms with Crippen LogP contribution < -0.4 is 5.32 Å². The Hall–Kier alpha value is -1.08. The third kappa shape index (κ3) is 1.92. The standard InChI is InChI=1S/C7H9N3S/c1-2-3-9-7-6(4-8)11-5-10-7/h5,9H,2-3H2,1H3. The molecule has 11 heavy (non-hydrogen) atoms. The van der Waals surface area contributed by atoms with Gasteiger partial charge in [-0.2, -0.15) is 5.26 Å². The molecule has 1 rings (SSSR count). The quantitative estimate of drug-likeness (QED) is 0.747. The minimum absolute atomic E-state index is 0.665. The fourth-order valence-electron chi connectivity index (χ4n) is 0.695. The summed E-state index contributed by atoms with van der Waals surface area (Å²) < 4.78 is 0. The zero-order valence-electron chi connectivity index (χ0n) is 6.29. The summed E-state index contributed by atoms with van der Waals surface area (Å²) >= 11 is 1.37. The molecule has 0 amide bonds. The molecule has 1 aromatic heterocycles. The zero-order chi connectivity index (χ0) is 8.10. The van der Waals surface area contributed by atoms with Crippen molar-refractivity contribution in [2.24, 2.45) is 0 Å². The Labute approximate surface area is 69.7 Å². The van der Waals surface area contributed by atoms with Gasteiger partial charge < -0.3 is 5.32 Å². The number of nitrogens with zero attached hydrogens (tertiary/aromatic N) is 2. The minimum Gasteiger partial charge on any atom is -0.368 e. The number of nitrogens with one attached hydrogen (secondary N) is 1. The van der Waals surface area contributed by atoms with E-state index in [0.717, 1.165) is 18.8 Å². The molecule has 0 saturated carbocycles. The number of rotatable bonds is 3. The molecule has 1 N–H and O–H groups in total. The Morgan fingerprint density at radius 2 is 2.64 bits per heavy atom. The zero-order valence-corrected chi connectivity index (χ0v) is 7.11. The van der Waals surface area contributed by atoms with Gasteiger partial charge in [0.15, 0.2) is 5.82 Å². The molecular formula is C7H9N3S. The highest BCUT2D eigenvalue weighted by Gasteiger charge is 2.01. The smallest absolute Gasteiger partial charge is 0.155 e. The molecule has 0 unspecified atom stereocenters. The van der Waals surface area contributed by atoms with Crippen molar-refractivity contribution in [2.75, 3.05) is 11.9 Å². The average molecular weight is 167 g/mol. The highest BCUT2D eigenvalue weighted by molar-refractivity contribution is 7.10. The van der Waals surface area contributed by atoms with Gasteiger partial charge in [-0.05, 0) is 6.42 Å². The average Bonchev–Trinajstić information content (AvgIpc) is 2.47. The Balaban J connectivity index is 2.63. The lowest BCUT2D eigenvalue weighted by Crippen LogP contribution is -2.00. The van der Waals surface area contributed by atoms with Crippen molar-refractivity contribution in [2.45, 2.75) is 13.3 Å². The van der Waals surface area contributed by atoms with Gasteiger partial charge in [0.1, 0.15) is 10.9 Å². The maximum absolute atomic E-state index is 8.59. The van der Waals surface area contributed by atoms with Gasteiger partial charge in [0.25, 0.3) is 0 Å². The van der Waals surface area contributed by atoms with E-state index in [1.807, 2.05) is 0 Å². The van der Waals surface area contributed by atoms with Gasteiger partial charge >= 0.3 is 0 Å². The molecule has 58 valence electrons. The van der Waals surface area contributed by atoms with E-state index in [1.165, 1.54) is 11.3 Å². The van der Waals surface area contributed by atoms with Crippen LogP contribution in [0.4, 0.5) is 5.82 Å². The summed E-state index contributed by atoms with van der Waals surface area (Å²) in [5.41, 5.74) is 1.68. The number of anilines is 1. The molecule has 0 spiro atoms. The van der Waals surface area contributed by atoms with Crippen molar-refractivity contribution >= 4 is 17.2 Å². The molecule has 0 aromatic carbocycles. The van der Waals surface area contributed by atoms with Crippen LogP contribution in [0.25, 0.3) is 0 Å². The van der Waals surface area contributed by atoms with E-state index >= 15 is 0 Å². The fourth-order valence-corrected chi connectivity index (χ4v) is 1.25. The molecule has 0 aliphatic heterocycles. The molecule has 4 heteroatoms. The first kappa shape index (κ1) is 8.02. The van der Waals surface area contributed by atoms with Crippen LogP contribution in [0.2, 0.25) is 0 Å². The van der Waals surface area contributed by atoms with Crippen LogP contribution in [0.5, 0.6) is 0 Å². The summed E-state index contributed by atoms with van der Waals surface area (Å²) in [4.78, 5) is 4.67. The van der Waals surface area contributed by atoms with Crippen LogP contribution in [-0.4, -0.2) is 11.5 Å². The van der Waals surface area contributed by atoms with E-state index in [2.05, 4.69) is 23.3 Å². The Morgan fingerprint density at radius 1 is 1.82 bits per heavy atom. The van der Waals surface area contributed by atoms with Crippen molar-refractivity contribution < 1.29 is 0 Å². The van der Waals surface area contributed by atoms with Gasteiger partial charge in [-0.1, -0.05) is 6.92 Å². The molecule has 0 saturated heterocycles. The van der Waals surface area contributed by atoms with Gasteiger partial charge in [0.05, 0.1) is 5.51 Å². The van der Waals surface area contributed by atoms with Crippen LogP contribution in [0.1, 0.15) is 18.2 Å². The molecule has 1 aromatic rings. The second kappa shape index (κ2) is 3.94. The van der Waals surface area contributed by atoms with Crippen molar-refractivity contribution in [1.82, 2.24) is 4.98 Å². The van der Waals surface area contributed by atoms with Crippen LogP contribution in [0.3, 0.4) is 0 Å². The summed E-state index contributed by atoms with van der Waals surface area (Å²) in [5.74, 6) is 0.722. The number of hydrogen-bond acceptors (Lipinski definition) is 4. The monoisotopic (exact) mass is 167 g/mol. The highest BCUT2D eigenvalue weighted by Crippen LogP contribution is 2.16. The number of hydrogen-bond donors (Lipinski definition) is 1. The maximum atomic E-state index is 8.59. The fraction of sp³-hybridized carbons (Fsp3) is 0.429. The van der Waals surface area contributed by atoms with E-state index in [4.69, 9.17) is 5.26 Å². The Kier molecular flexibility index (Phi) is 2.87. The molecule has 0 aliphatic carbocycles. The predicted octanol–water partition coefficient (Wildman–Crippen LogP) is 1.84. The van der Waals surface area contributed by atoms with Crippen molar-refractivity contribution in [3.63, 3.8) is 0 Å². The number of thiazole rings is 1. The van der Waals surface area contributed by atoms with Gasteiger partial charge in [-0.25, -0.2) is 4.98 Å². The summed E-state index contributed by atoms with van der Waals surface area (Å²) in [6.07, 6.45) is 1.04. The molecule has 0 aliphatic rings.